The molecule has 10 heteroatoms. The fraction of sp³-hybridized carbons (Fsp3) is 0.304. The van der Waals surface area contributed by atoms with Crippen LogP contribution in [0.25, 0.3) is 0 Å². The molecule has 1 fully saturated rings. The standard InChI is InChI=1S/C23H24Cl2N6O2/c1-31-10-8-14(9-11-31)19-7-6-15(12-26-19)28-23-27-13-16(22(30-23)33-2)21(32)29-20-17(24)4-3-5-18(20)25/h3-7,12-14H,8-11H2,1-2H3,(H,29,32)(H,27,28,30). The van der Waals surface area contributed by atoms with E-state index in [1.165, 1.54) is 13.3 Å². The lowest BCUT2D eigenvalue weighted by atomic mass is 9.93. The molecule has 1 saturated heterocycles. The average molecular weight is 487 g/mol. The maximum atomic E-state index is 12.8. The number of carbonyl (C=O) groups is 1. The zero-order valence-electron chi connectivity index (χ0n) is 18.3. The number of likely N-dealkylation sites (tertiary alicyclic amines) is 1. The highest BCUT2D eigenvalue weighted by Gasteiger charge is 2.20. The fourth-order valence-corrected chi connectivity index (χ4v) is 4.18. The van der Waals surface area contributed by atoms with Crippen molar-refractivity contribution in [3.63, 3.8) is 0 Å². The van der Waals surface area contributed by atoms with Crippen molar-refractivity contribution in [1.82, 2.24) is 19.9 Å². The maximum Gasteiger partial charge on any atom is 0.262 e. The molecule has 1 amide bonds. The lowest BCUT2D eigenvalue weighted by Gasteiger charge is -2.28. The Bertz CT molecular complexity index is 1110. The number of nitrogens with zero attached hydrogens (tertiary/aromatic N) is 4. The van der Waals surface area contributed by atoms with E-state index in [9.17, 15) is 4.79 Å². The maximum absolute atomic E-state index is 12.8. The molecule has 8 nitrogen and oxygen atoms in total. The van der Waals surface area contributed by atoms with Crippen LogP contribution in [0.5, 0.6) is 5.88 Å². The number of hydrogen-bond donors (Lipinski definition) is 2. The van der Waals surface area contributed by atoms with Gasteiger partial charge in [0.05, 0.1) is 34.7 Å². The minimum atomic E-state index is -0.488. The molecule has 0 spiro atoms. The van der Waals surface area contributed by atoms with Gasteiger partial charge in [-0.3, -0.25) is 9.78 Å². The Morgan fingerprint density at radius 1 is 1.09 bits per heavy atom. The highest BCUT2D eigenvalue weighted by atomic mass is 35.5. The van der Waals surface area contributed by atoms with Gasteiger partial charge in [-0.15, -0.1) is 0 Å². The van der Waals surface area contributed by atoms with Gasteiger partial charge in [0.25, 0.3) is 5.91 Å². The molecule has 0 bridgehead atoms. The van der Waals surface area contributed by atoms with Gasteiger partial charge in [-0.2, -0.15) is 4.98 Å². The number of benzene rings is 1. The summed E-state index contributed by atoms with van der Waals surface area (Å²) in [7, 11) is 3.58. The highest BCUT2D eigenvalue weighted by molar-refractivity contribution is 6.40. The van der Waals surface area contributed by atoms with Crippen LogP contribution in [0, 0.1) is 0 Å². The summed E-state index contributed by atoms with van der Waals surface area (Å²) < 4.78 is 5.31. The summed E-state index contributed by atoms with van der Waals surface area (Å²) >= 11 is 12.3. The van der Waals surface area contributed by atoms with Gasteiger partial charge < -0.3 is 20.3 Å². The summed E-state index contributed by atoms with van der Waals surface area (Å²) in [4.78, 5) is 28.3. The first-order valence-corrected chi connectivity index (χ1v) is 11.3. The number of methoxy groups -OCH3 is 1. The molecule has 0 aliphatic carbocycles. The van der Waals surface area contributed by atoms with Crippen molar-refractivity contribution in [3.8, 4) is 5.88 Å². The van der Waals surface area contributed by atoms with Crippen molar-refractivity contribution in [1.29, 1.82) is 0 Å². The number of para-hydroxylation sites is 1. The van der Waals surface area contributed by atoms with E-state index in [0.29, 0.717) is 21.7 Å². The second kappa shape index (κ2) is 10.3. The largest absolute Gasteiger partial charge is 0.480 e. The van der Waals surface area contributed by atoms with Gasteiger partial charge in [-0.1, -0.05) is 29.3 Å². The number of pyridine rings is 1. The molecule has 0 unspecified atom stereocenters. The van der Waals surface area contributed by atoms with Gasteiger partial charge >= 0.3 is 0 Å². The number of rotatable bonds is 6. The predicted molar refractivity (Wildman–Crippen MR) is 130 cm³/mol. The van der Waals surface area contributed by atoms with E-state index in [1.54, 1.807) is 24.4 Å². The van der Waals surface area contributed by atoms with E-state index in [-0.39, 0.29) is 17.4 Å². The molecule has 172 valence electrons. The van der Waals surface area contributed by atoms with Crippen molar-refractivity contribution < 1.29 is 9.53 Å². The van der Waals surface area contributed by atoms with Crippen LogP contribution in [0.4, 0.5) is 17.3 Å². The van der Waals surface area contributed by atoms with E-state index < -0.39 is 5.91 Å². The molecule has 1 aliphatic heterocycles. The zero-order chi connectivity index (χ0) is 23.4. The van der Waals surface area contributed by atoms with Crippen LogP contribution in [-0.2, 0) is 0 Å². The fourth-order valence-electron chi connectivity index (χ4n) is 3.69. The second-order valence-electron chi connectivity index (χ2n) is 7.84. The predicted octanol–water partition coefficient (Wildman–Crippen LogP) is 4.99. The number of nitrogens with one attached hydrogen (secondary N) is 2. The summed E-state index contributed by atoms with van der Waals surface area (Å²) in [6.07, 6.45) is 5.37. The van der Waals surface area contributed by atoms with E-state index in [4.69, 9.17) is 27.9 Å². The number of anilines is 3. The summed E-state index contributed by atoms with van der Waals surface area (Å²) in [6.45, 7) is 2.17. The first-order chi connectivity index (χ1) is 15.9. The van der Waals surface area contributed by atoms with Crippen molar-refractivity contribution in [3.05, 3.63) is 64.0 Å². The van der Waals surface area contributed by atoms with Gasteiger partial charge in [-0.05, 0) is 57.2 Å². The third kappa shape index (κ3) is 5.52. The lowest BCUT2D eigenvalue weighted by Crippen LogP contribution is -2.29. The van der Waals surface area contributed by atoms with E-state index in [2.05, 4.69) is 37.5 Å². The molecular weight excluding hydrogens is 463 g/mol. The number of hydrogen-bond acceptors (Lipinski definition) is 7. The number of ether oxygens (including phenoxy) is 1. The smallest absolute Gasteiger partial charge is 0.262 e. The Labute approximate surface area is 202 Å². The molecule has 1 aliphatic rings. The van der Waals surface area contributed by atoms with Crippen LogP contribution in [-0.4, -0.2) is 53.0 Å². The first kappa shape index (κ1) is 23.2. The summed E-state index contributed by atoms with van der Waals surface area (Å²) in [5.74, 6) is 0.394. The Hall–Kier alpha value is -2.94. The van der Waals surface area contributed by atoms with E-state index >= 15 is 0 Å². The molecule has 3 heterocycles. The molecule has 0 saturated carbocycles. The van der Waals surface area contributed by atoms with Crippen LogP contribution in [0.3, 0.4) is 0 Å². The zero-order valence-corrected chi connectivity index (χ0v) is 19.8. The number of halogens is 2. The minimum Gasteiger partial charge on any atom is -0.480 e. The lowest BCUT2D eigenvalue weighted by molar-refractivity contribution is 0.102. The Morgan fingerprint density at radius 2 is 1.82 bits per heavy atom. The molecule has 0 atom stereocenters. The highest BCUT2D eigenvalue weighted by Crippen LogP contribution is 2.31. The van der Waals surface area contributed by atoms with E-state index in [1.807, 2.05) is 12.1 Å². The van der Waals surface area contributed by atoms with Crippen LogP contribution < -0.4 is 15.4 Å². The number of amides is 1. The van der Waals surface area contributed by atoms with Gasteiger partial charge in [0.2, 0.25) is 11.8 Å². The Morgan fingerprint density at radius 3 is 2.45 bits per heavy atom. The van der Waals surface area contributed by atoms with Crippen molar-refractivity contribution in [2.75, 3.05) is 37.9 Å². The summed E-state index contributed by atoms with van der Waals surface area (Å²) in [5.41, 5.74) is 2.30. The third-order valence-corrected chi connectivity index (χ3v) is 6.20. The van der Waals surface area contributed by atoms with Crippen molar-refractivity contribution in [2.24, 2.45) is 0 Å². The van der Waals surface area contributed by atoms with Crippen LogP contribution >= 0.6 is 23.2 Å². The Kier molecular flexibility index (Phi) is 7.27. The monoisotopic (exact) mass is 486 g/mol. The van der Waals surface area contributed by atoms with Gasteiger partial charge in [0, 0.05) is 17.8 Å². The number of piperidine rings is 1. The topological polar surface area (TPSA) is 92.3 Å². The molecule has 1 aromatic carbocycles. The summed E-state index contributed by atoms with van der Waals surface area (Å²) in [6, 6.07) is 8.95. The van der Waals surface area contributed by atoms with Crippen molar-refractivity contribution in [2.45, 2.75) is 18.8 Å². The van der Waals surface area contributed by atoms with Crippen molar-refractivity contribution >= 4 is 46.4 Å². The summed E-state index contributed by atoms with van der Waals surface area (Å²) in [5, 5.41) is 6.43. The normalized spacial score (nSPS) is 14.7. The van der Waals surface area contributed by atoms with E-state index in [0.717, 1.165) is 37.3 Å². The molecule has 33 heavy (non-hydrogen) atoms. The molecule has 2 aromatic heterocycles. The van der Waals surface area contributed by atoms with Gasteiger partial charge in [-0.25, -0.2) is 4.98 Å². The molecule has 3 aromatic rings. The van der Waals surface area contributed by atoms with Crippen LogP contribution in [0.15, 0.2) is 42.7 Å². The molecule has 2 N–H and O–H groups in total. The number of aromatic nitrogens is 3. The second-order valence-corrected chi connectivity index (χ2v) is 8.66. The van der Waals surface area contributed by atoms with Crippen LogP contribution in [0.1, 0.15) is 34.8 Å². The van der Waals surface area contributed by atoms with Gasteiger partial charge in [0.15, 0.2) is 0 Å². The minimum absolute atomic E-state index is 0.115. The number of carbonyl (C=O) groups excluding carboxylic acids is 1. The van der Waals surface area contributed by atoms with Crippen LogP contribution in [0.2, 0.25) is 10.0 Å². The molecule has 4 rings (SSSR count). The Balaban J connectivity index is 1.46. The van der Waals surface area contributed by atoms with Gasteiger partial charge in [0.1, 0.15) is 5.56 Å². The molecule has 0 radical (unpaired) electrons. The first-order valence-electron chi connectivity index (χ1n) is 10.5. The average Bonchev–Trinajstić information content (AvgIpc) is 2.82. The SMILES string of the molecule is COc1nc(Nc2ccc(C3CCN(C)CC3)nc2)ncc1C(=O)Nc1c(Cl)cccc1Cl. The molecular formula is C23H24Cl2N6O2. The quantitative estimate of drug-likeness (QED) is 0.506. The third-order valence-electron chi connectivity index (χ3n) is 5.57.